The van der Waals surface area contributed by atoms with E-state index in [1.54, 1.807) is 0 Å². The molecule has 0 amide bonds. The molecule has 2 aromatic rings. The highest BCUT2D eigenvalue weighted by molar-refractivity contribution is 6.04. The third kappa shape index (κ3) is 2.75. The third-order valence-corrected chi connectivity index (χ3v) is 4.32. The minimum Gasteiger partial charge on any atom is -0.478 e. The van der Waals surface area contributed by atoms with Gasteiger partial charge in [0.25, 0.3) is 0 Å². The molecule has 22 heavy (non-hydrogen) atoms. The van der Waals surface area contributed by atoms with E-state index in [9.17, 15) is 9.90 Å². The number of nitrogens with zero attached hydrogens (tertiary/aromatic N) is 1. The molecular weight excluding hydrogens is 276 g/mol. The fourth-order valence-electron chi connectivity index (χ4n) is 3.17. The van der Waals surface area contributed by atoms with Crippen molar-refractivity contribution in [3.8, 4) is 0 Å². The summed E-state index contributed by atoms with van der Waals surface area (Å²) in [5.41, 5.74) is 10.4. The van der Waals surface area contributed by atoms with E-state index in [4.69, 9.17) is 5.73 Å². The Hall–Kier alpha value is -1.81. The average Bonchev–Trinajstić information content (AvgIpc) is 2.72. The number of rotatable bonds is 6. The average molecular weight is 302 g/mol. The number of aromatic nitrogens is 1. The van der Waals surface area contributed by atoms with Crippen molar-refractivity contribution in [3.63, 3.8) is 0 Å². The lowest BCUT2D eigenvalue weighted by Gasteiger charge is -2.11. The lowest BCUT2D eigenvalue weighted by molar-refractivity contribution is 0.0698. The molecule has 0 aliphatic carbocycles. The van der Waals surface area contributed by atoms with Gasteiger partial charge in [-0.05, 0) is 42.5 Å². The molecule has 0 bridgehead atoms. The summed E-state index contributed by atoms with van der Waals surface area (Å²) < 4.78 is 2.08. The number of fused-ring (bicyclic) bond motifs is 1. The molecule has 0 atom stereocenters. The molecule has 0 fully saturated rings. The minimum atomic E-state index is -0.869. The van der Waals surface area contributed by atoms with Crippen molar-refractivity contribution in [3.05, 3.63) is 34.5 Å². The minimum absolute atomic E-state index is 0.301. The van der Waals surface area contributed by atoms with Crippen molar-refractivity contribution in [1.82, 2.24) is 4.57 Å². The molecule has 4 nitrogen and oxygen atoms in total. The lowest BCUT2D eigenvalue weighted by atomic mass is 9.96. The highest BCUT2D eigenvalue weighted by Gasteiger charge is 2.21. The Kier molecular flexibility index (Phi) is 4.91. The summed E-state index contributed by atoms with van der Waals surface area (Å²) in [5, 5.41) is 10.7. The zero-order chi connectivity index (χ0) is 16.4. The molecule has 1 heterocycles. The molecule has 0 spiro atoms. The van der Waals surface area contributed by atoms with Crippen molar-refractivity contribution < 1.29 is 9.90 Å². The number of nitrogens with two attached hydrogens (primary N) is 1. The van der Waals surface area contributed by atoms with Gasteiger partial charge in [-0.25, -0.2) is 4.79 Å². The number of benzene rings is 1. The molecule has 1 aromatic heterocycles. The lowest BCUT2D eigenvalue weighted by Crippen LogP contribution is -2.13. The first-order chi connectivity index (χ1) is 10.4. The van der Waals surface area contributed by atoms with Gasteiger partial charge in [-0.1, -0.05) is 27.2 Å². The molecule has 1 aromatic carbocycles. The fraction of sp³-hybridized carbons (Fsp3) is 0.500. The molecule has 0 radical (unpaired) electrons. The second-order valence-corrected chi connectivity index (χ2v) is 6.18. The Labute approximate surface area is 131 Å². The number of aromatic carboxylic acids is 1. The van der Waals surface area contributed by atoms with Crippen molar-refractivity contribution in [1.29, 1.82) is 0 Å². The zero-order valence-corrected chi connectivity index (χ0v) is 13.9. The van der Waals surface area contributed by atoms with E-state index >= 15 is 0 Å². The number of aryl methyl sites for hydroxylation is 1. The van der Waals surface area contributed by atoms with Gasteiger partial charge in [0.2, 0.25) is 0 Å². The maximum Gasteiger partial charge on any atom is 0.337 e. The van der Waals surface area contributed by atoms with Gasteiger partial charge in [-0.15, -0.1) is 0 Å². The van der Waals surface area contributed by atoms with Crippen LogP contribution in [0.2, 0.25) is 0 Å². The number of carboxylic acids is 1. The normalized spacial score (nSPS) is 11.5. The monoisotopic (exact) mass is 302 g/mol. The van der Waals surface area contributed by atoms with Crippen LogP contribution >= 0.6 is 0 Å². The predicted molar refractivity (Wildman–Crippen MR) is 90.8 cm³/mol. The standard InChI is InChI=1S/C18H26N2O2/c1-5-6-14-12(4)20(8-7-19)17-15(14)9-13(11(2)3)10-16(17)18(21)22/h9-11H,5-8,19H2,1-4H3,(H,21,22). The summed E-state index contributed by atoms with van der Waals surface area (Å²) in [5.74, 6) is -0.568. The summed E-state index contributed by atoms with van der Waals surface area (Å²) in [6.45, 7) is 9.55. The molecule has 0 saturated carbocycles. The maximum atomic E-state index is 11.8. The van der Waals surface area contributed by atoms with Crippen LogP contribution in [0.3, 0.4) is 0 Å². The van der Waals surface area contributed by atoms with Crippen molar-refractivity contribution in [2.45, 2.75) is 53.0 Å². The van der Waals surface area contributed by atoms with E-state index < -0.39 is 5.97 Å². The van der Waals surface area contributed by atoms with E-state index in [2.05, 4.69) is 38.3 Å². The Morgan fingerprint density at radius 3 is 2.55 bits per heavy atom. The van der Waals surface area contributed by atoms with Crippen LogP contribution in [0.25, 0.3) is 10.9 Å². The highest BCUT2D eigenvalue weighted by Crippen LogP contribution is 2.33. The highest BCUT2D eigenvalue weighted by atomic mass is 16.4. The molecule has 0 saturated heterocycles. The molecule has 0 aliphatic heterocycles. The van der Waals surface area contributed by atoms with Gasteiger partial charge >= 0.3 is 5.97 Å². The Balaban J connectivity index is 2.90. The van der Waals surface area contributed by atoms with E-state index in [0.717, 1.165) is 35.0 Å². The summed E-state index contributed by atoms with van der Waals surface area (Å²) in [7, 11) is 0. The van der Waals surface area contributed by atoms with Crippen LogP contribution in [-0.2, 0) is 13.0 Å². The van der Waals surface area contributed by atoms with E-state index in [1.165, 1.54) is 5.56 Å². The second kappa shape index (κ2) is 6.53. The fourth-order valence-corrected chi connectivity index (χ4v) is 3.17. The molecule has 0 unspecified atom stereocenters. The summed E-state index contributed by atoms with van der Waals surface area (Å²) in [6, 6.07) is 3.98. The van der Waals surface area contributed by atoms with Crippen molar-refractivity contribution in [2.75, 3.05) is 6.54 Å². The van der Waals surface area contributed by atoms with Crippen LogP contribution in [-0.4, -0.2) is 22.2 Å². The predicted octanol–water partition coefficient (Wildman–Crippen LogP) is 3.68. The number of hydrogen-bond donors (Lipinski definition) is 2. The van der Waals surface area contributed by atoms with Crippen LogP contribution < -0.4 is 5.73 Å². The van der Waals surface area contributed by atoms with E-state index in [0.29, 0.717) is 24.6 Å². The van der Waals surface area contributed by atoms with Crippen LogP contribution in [0.5, 0.6) is 0 Å². The van der Waals surface area contributed by atoms with Gasteiger partial charge in [-0.3, -0.25) is 0 Å². The topological polar surface area (TPSA) is 68.2 Å². The third-order valence-electron chi connectivity index (χ3n) is 4.32. The van der Waals surface area contributed by atoms with Gasteiger partial charge in [0.1, 0.15) is 0 Å². The van der Waals surface area contributed by atoms with E-state index in [1.807, 2.05) is 6.07 Å². The van der Waals surface area contributed by atoms with Crippen LogP contribution in [0.4, 0.5) is 0 Å². The molecular formula is C18H26N2O2. The van der Waals surface area contributed by atoms with E-state index in [-0.39, 0.29) is 0 Å². The molecule has 120 valence electrons. The second-order valence-electron chi connectivity index (χ2n) is 6.18. The van der Waals surface area contributed by atoms with Gasteiger partial charge in [-0.2, -0.15) is 0 Å². The summed E-state index contributed by atoms with van der Waals surface area (Å²) in [6.07, 6.45) is 2.00. The largest absolute Gasteiger partial charge is 0.478 e. The summed E-state index contributed by atoms with van der Waals surface area (Å²) >= 11 is 0. The van der Waals surface area contributed by atoms with Gasteiger partial charge in [0.15, 0.2) is 0 Å². The molecule has 4 heteroatoms. The number of hydrogen-bond acceptors (Lipinski definition) is 2. The quantitative estimate of drug-likeness (QED) is 0.855. The molecule has 2 rings (SSSR count). The smallest absolute Gasteiger partial charge is 0.337 e. The first-order valence-electron chi connectivity index (χ1n) is 8.01. The van der Waals surface area contributed by atoms with Gasteiger partial charge in [0, 0.05) is 24.2 Å². The molecule has 0 aliphatic rings. The first-order valence-corrected chi connectivity index (χ1v) is 8.01. The summed E-state index contributed by atoms with van der Waals surface area (Å²) in [4.78, 5) is 11.8. The van der Waals surface area contributed by atoms with Crippen LogP contribution in [0, 0.1) is 6.92 Å². The Bertz CT molecular complexity index is 699. The first kappa shape index (κ1) is 16.6. The van der Waals surface area contributed by atoms with Crippen molar-refractivity contribution >= 4 is 16.9 Å². The van der Waals surface area contributed by atoms with Crippen LogP contribution in [0.15, 0.2) is 12.1 Å². The Morgan fingerprint density at radius 1 is 1.36 bits per heavy atom. The van der Waals surface area contributed by atoms with Crippen molar-refractivity contribution in [2.24, 2.45) is 5.73 Å². The number of carboxylic acid groups (broad SMARTS) is 1. The SMILES string of the molecule is CCCc1c(C)n(CCN)c2c(C(=O)O)cc(C(C)C)cc12. The van der Waals surface area contributed by atoms with Crippen LogP contribution in [0.1, 0.15) is 60.3 Å². The zero-order valence-electron chi connectivity index (χ0n) is 13.9. The van der Waals surface area contributed by atoms with Gasteiger partial charge < -0.3 is 15.4 Å². The Morgan fingerprint density at radius 2 is 2.05 bits per heavy atom. The number of carbonyl (C=O) groups is 1. The molecule has 3 N–H and O–H groups in total. The maximum absolute atomic E-state index is 11.8. The van der Waals surface area contributed by atoms with Gasteiger partial charge in [0.05, 0.1) is 11.1 Å².